The van der Waals surface area contributed by atoms with Crippen molar-refractivity contribution in [2.45, 2.75) is 50.2 Å². The van der Waals surface area contributed by atoms with Crippen molar-refractivity contribution in [2.75, 3.05) is 32.8 Å². The summed E-state index contributed by atoms with van der Waals surface area (Å²) in [6, 6.07) is 4.12. The Balaban J connectivity index is 0.000000286. The standard InChI is InChI=1S/C18H25N3O2.2C2HF3O2/c22-17-13-23-18(14-21(17)12-15-3-4-15)5-8-20(9-6-18)11-16-2-1-7-19-10-16;2*3-2(4,5)1(6)7/h1-2,7,10,15H,3-6,8-9,11-14H2;2*(H,6,7). The van der Waals surface area contributed by atoms with Crippen molar-refractivity contribution in [3.8, 4) is 0 Å². The minimum absolute atomic E-state index is 0.103. The summed E-state index contributed by atoms with van der Waals surface area (Å²) < 4.78 is 69.5. The summed E-state index contributed by atoms with van der Waals surface area (Å²) in [6.07, 6.45) is -1.80. The summed E-state index contributed by atoms with van der Waals surface area (Å²) >= 11 is 0. The van der Waals surface area contributed by atoms with E-state index in [1.807, 2.05) is 18.5 Å². The van der Waals surface area contributed by atoms with Crippen molar-refractivity contribution < 1.29 is 55.7 Å². The molecule has 1 aromatic rings. The van der Waals surface area contributed by atoms with Crippen molar-refractivity contribution >= 4 is 17.8 Å². The van der Waals surface area contributed by atoms with E-state index in [4.69, 9.17) is 24.5 Å². The van der Waals surface area contributed by atoms with E-state index in [2.05, 4.69) is 20.9 Å². The molecule has 2 aliphatic heterocycles. The van der Waals surface area contributed by atoms with Crippen molar-refractivity contribution in [1.29, 1.82) is 0 Å². The smallest absolute Gasteiger partial charge is 0.475 e. The number of carbonyl (C=O) groups is 3. The Bertz CT molecular complexity index is 892. The second kappa shape index (κ2) is 12.5. The summed E-state index contributed by atoms with van der Waals surface area (Å²) in [5, 5.41) is 14.2. The second-order valence-corrected chi connectivity index (χ2v) is 8.93. The number of carbonyl (C=O) groups excluding carboxylic acids is 1. The monoisotopic (exact) mass is 543 g/mol. The van der Waals surface area contributed by atoms with Crippen LogP contribution in [0.15, 0.2) is 24.5 Å². The van der Waals surface area contributed by atoms with Crippen LogP contribution in [-0.4, -0.2) is 93.6 Å². The number of ether oxygens (including phenoxy) is 1. The molecule has 0 bridgehead atoms. The molecule has 37 heavy (non-hydrogen) atoms. The second-order valence-electron chi connectivity index (χ2n) is 8.93. The van der Waals surface area contributed by atoms with Gasteiger partial charge in [0, 0.05) is 45.1 Å². The summed E-state index contributed by atoms with van der Waals surface area (Å²) in [5.74, 6) is -4.58. The van der Waals surface area contributed by atoms with Crippen LogP contribution in [0.5, 0.6) is 0 Å². The highest BCUT2D eigenvalue weighted by Gasteiger charge is 2.43. The number of morpholine rings is 1. The Morgan fingerprint density at radius 3 is 2.03 bits per heavy atom. The first-order valence-electron chi connectivity index (χ1n) is 11.2. The van der Waals surface area contributed by atoms with Crippen LogP contribution in [-0.2, 0) is 25.7 Å². The van der Waals surface area contributed by atoms with Crippen molar-refractivity contribution in [1.82, 2.24) is 14.8 Å². The van der Waals surface area contributed by atoms with Crippen LogP contribution in [0.2, 0.25) is 0 Å². The molecule has 1 spiro atoms. The van der Waals surface area contributed by atoms with Gasteiger partial charge in [-0.05, 0) is 43.2 Å². The van der Waals surface area contributed by atoms with Crippen molar-refractivity contribution in [3.63, 3.8) is 0 Å². The molecule has 4 rings (SSSR count). The lowest BCUT2D eigenvalue weighted by molar-refractivity contribution is -0.193. The molecule has 1 saturated carbocycles. The molecule has 2 N–H and O–H groups in total. The van der Waals surface area contributed by atoms with Gasteiger partial charge in [-0.1, -0.05) is 6.07 Å². The number of hydrogen-bond acceptors (Lipinski definition) is 6. The Hall–Kier alpha value is -2.94. The van der Waals surface area contributed by atoms with Gasteiger partial charge in [0.25, 0.3) is 0 Å². The molecule has 1 aromatic heterocycles. The number of alkyl halides is 6. The van der Waals surface area contributed by atoms with Gasteiger partial charge in [0.15, 0.2) is 0 Å². The molecular formula is C22H27F6N3O6. The lowest BCUT2D eigenvalue weighted by Crippen LogP contribution is -2.58. The number of carboxylic acids is 2. The Morgan fingerprint density at radius 1 is 1.05 bits per heavy atom. The maximum atomic E-state index is 12.1. The molecule has 0 unspecified atom stereocenters. The topological polar surface area (TPSA) is 120 Å². The van der Waals surface area contributed by atoms with E-state index in [9.17, 15) is 31.1 Å². The number of carboxylic acid groups (broad SMARTS) is 2. The normalized spacial score (nSPS) is 19.8. The first kappa shape index (κ1) is 30.3. The van der Waals surface area contributed by atoms with E-state index in [0.717, 1.165) is 51.5 Å². The zero-order valence-electron chi connectivity index (χ0n) is 19.6. The molecule has 3 fully saturated rings. The van der Waals surface area contributed by atoms with Crippen LogP contribution >= 0.6 is 0 Å². The molecule has 9 nitrogen and oxygen atoms in total. The highest BCUT2D eigenvalue weighted by atomic mass is 19.4. The minimum Gasteiger partial charge on any atom is -0.475 e. The SMILES string of the molecule is O=C(O)C(F)(F)F.O=C(O)C(F)(F)F.O=C1COC2(CCN(Cc3cccnc3)CC2)CN1CC1CC1. The maximum Gasteiger partial charge on any atom is 0.490 e. The molecule has 3 heterocycles. The van der Waals surface area contributed by atoms with Gasteiger partial charge in [0.1, 0.15) is 6.61 Å². The van der Waals surface area contributed by atoms with E-state index in [1.54, 1.807) is 0 Å². The molecule has 15 heteroatoms. The van der Waals surface area contributed by atoms with E-state index in [1.165, 1.54) is 18.4 Å². The number of amides is 1. The van der Waals surface area contributed by atoms with Gasteiger partial charge in [-0.2, -0.15) is 26.3 Å². The Labute approximate surface area is 208 Å². The molecular weight excluding hydrogens is 516 g/mol. The van der Waals surface area contributed by atoms with Crippen LogP contribution < -0.4 is 0 Å². The first-order chi connectivity index (χ1) is 17.1. The maximum absolute atomic E-state index is 12.1. The highest BCUT2D eigenvalue weighted by molar-refractivity contribution is 5.78. The zero-order chi connectivity index (χ0) is 27.9. The lowest BCUT2D eigenvalue weighted by atomic mass is 9.89. The summed E-state index contributed by atoms with van der Waals surface area (Å²) in [4.78, 5) is 38.6. The molecule has 0 radical (unpaired) electrons. The third-order valence-corrected chi connectivity index (χ3v) is 5.89. The van der Waals surface area contributed by atoms with E-state index < -0.39 is 24.3 Å². The average Bonchev–Trinajstić information content (AvgIpc) is 3.63. The summed E-state index contributed by atoms with van der Waals surface area (Å²) in [6.45, 7) is 5.02. The van der Waals surface area contributed by atoms with Gasteiger partial charge < -0.3 is 19.8 Å². The van der Waals surface area contributed by atoms with Crippen LogP contribution in [0.3, 0.4) is 0 Å². The fourth-order valence-electron chi connectivity index (χ4n) is 3.74. The van der Waals surface area contributed by atoms with Crippen LogP contribution in [0.1, 0.15) is 31.2 Å². The third-order valence-electron chi connectivity index (χ3n) is 5.89. The van der Waals surface area contributed by atoms with Crippen LogP contribution in [0.25, 0.3) is 0 Å². The molecule has 2 saturated heterocycles. The van der Waals surface area contributed by atoms with E-state index >= 15 is 0 Å². The van der Waals surface area contributed by atoms with Crippen molar-refractivity contribution in [3.05, 3.63) is 30.1 Å². The fraction of sp³-hybridized carbons (Fsp3) is 0.636. The van der Waals surface area contributed by atoms with E-state index in [0.29, 0.717) is 0 Å². The Morgan fingerprint density at radius 2 is 1.59 bits per heavy atom. The third kappa shape index (κ3) is 10.5. The van der Waals surface area contributed by atoms with Crippen molar-refractivity contribution in [2.24, 2.45) is 5.92 Å². The molecule has 1 aliphatic carbocycles. The lowest BCUT2D eigenvalue weighted by Gasteiger charge is -2.47. The fourth-order valence-corrected chi connectivity index (χ4v) is 3.74. The number of nitrogens with zero attached hydrogens (tertiary/aromatic N) is 3. The van der Waals surface area contributed by atoms with Crippen LogP contribution in [0, 0.1) is 5.92 Å². The van der Waals surface area contributed by atoms with Gasteiger partial charge in [-0.3, -0.25) is 14.7 Å². The minimum atomic E-state index is -5.08. The zero-order valence-corrected chi connectivity index (χ0v) is 19.6. The van der Waals surface area contributed by atoms with Gasteiger partial charge in [0.05, 0.1) is 5.60 Å². The quantitative estimate of drug-likeness (QED) is 0.557. The number of halogens is 6. The number of pyridine rings is 1. The number of piperidine rings is 1. The predicted molar refractivity (Wildman–Crippen MR) is 114 cm³/mol. The molecule has 208 valence electrons. The summed E-state index contributed by atoms with van der Waals surface area (Å²) in [7, 11) is 0. The largest absolute Gasteiger partial charge is 0.490 e. The predicted octanol–water partition coefficient (Wildman–Crippen LogP) is 2.95. The van der Waals surface area contributed by atoms with Crippen LogP contribution in [0.4, 0.5) is 26.3 Å². The summed E-state index contributed by atoms with van der Waals surface area (Å²) in [5.41, 5.74) is 1.16. The number of aromatic nitrogens is 1. The first-order valence-corrected chi connectivity index (χ1v) is 11.2. The molecule has 1 amide bonds. The van der Waals surface area contributed by atoms with Gasteiger partial charge in [0.2, 0.25) is 5.91 Å². The Kier molecular flexibility index (Phi) is 10.3. The van der Waals surface area contributed by atoms with Gasteiger partial charge in [-0.15, -0.1) is 0 Å². The number of aliphatic carboxylic acids is 2. The molecule has 0 atom stereocenters. The number of rotatable bonds is 4. The number of hydrogen-bond donors (Lipinski definition) is 2. The average molecular weight is 543 g/mol. The highest BCUT2D eigenvalue weighted by Crippen LogP contribution is 2.35. The van der Waals surface area contributed by atoms with Gasteiger partial charge >= 0.3 is 24.3 Å². The van der Waals surface area contributed by atoms with E-state index in [-0.39, 0.29) is 18.1 Å². The number of likely N-dealkylation sites (tertiary alicyclic amines) is 1. The molecule has 0 aromatic carbocycles. The van der Waals surface area contributed by atoms with Gasteiger partial charge in [-0.25, -0.2) is 9.59 Å². The molecule has 3 aliphatic rings.